The van der Waals surface area contributed by atoms with E-state index in [1.165, 1.54) is 0 Å². The fourth-order valence-electron chi connectivity index (χ4n) is 1.38. The van der Waals surface area contributed by atoms with Gasteiger partial charge in [0.05, 0.1) is 17.8 Å². The smallest absolute Gasteiger partial charge is 0.0994 e. The zero-order valence-corrected chi connectivity index (χ0v) is 7.57. The normalized spacial score (nSPS) is 9.64. The van der Waals surface area contributed by atoms with E-state index in [-0.39, 0.29) is 0 Å². The van der Waals surface area contributed by atoms with Gasteiger partial charge in [-0.25, -0.2) is 0 Å². The molecule has 3 nitrogen and oxygen atoms in total. The highest BCUT2D eigenvalue weighted by molar-refractivity contribution is 5.39. The van der Waals surface area contributed by atoms with E-state index in [1.807, 2.05) is 30.5 Å². The summed E-state index contributed by atoms with van der Waals surface area (Å²) >= 11 is 0. The van der Waals surface area contributed by atoms with Gasteiger partial charge in [-0.3, -0.25) is 5.10 Å². The van der Waals surface area contributed by atoms with E-state index in [2.05, 4.69) is 16.3 Å². The maximum atomic E-state index is 8.87. The van der Waals surface area contributed by atoms with Crippen molar-refractivity contribution in [2.75, 3.05) is 0 Å². The maximum Gasteiger partial charge on any atom is 0.0994 e. The lowest BCUT2D eigenvalue weighted by Gasteiger charge is -2.00. The van der Waals surface area contributed by atoms with Crippen molar-refractivity contribution in [3.05, 3.63) is 53.3 Å². The number of rotatable bonds is 2. The summed E-state index contributed by atoms with van der Waals surface area (Å²) in [6, 6.07) is 9.78. The molecule has 0 aliphatic carbocycles. The molecule has 0 aliphatic rings. The van der Waals surface area contributed by atoms with Crippen molar-refractivity contribution in [3.63, 3.8) is 0 Å². The molecular weight excluding hydrogens is 174 g/mol. The molecular formula is C11H9N3. The molecule has 0 atom stereocenters. The lowest BCUT2D eigenvalue weighted by Crippen LogP contribution is -1.90. The molecule has 0 unspecified atom stereocenters. The summed E-state index contributed by atoms with van der Waals surface area (Å²) in [7, 11) is 0. The molecule has 1 heterocycles. The summed E-state index contributed by atoms with van der Waals surface area (Å²) < 4.78 is 0. The summed E-state index contributed by atoms with van der Waals surface area (Å²) in [5.41, 5.74) is 2.86. The molecule has 1 aromatic heterocycles. The van der Waals surface area contributed by atoms with Crippen molar-refractivity contribution in [1.82, 2.24) is 10.2 Å². The van der Waals surface area contributed by atoms with E-state index in [1.54, 1.807) is 6.20 Å². The molecule has 68 valence electrons. The number of aromatic amines is 1. The number of hydrogen-bond acceptors (Lipinski definition) is 2. The third-order valence-corrected chi connectivity index (χ3v) is 2.09. The van der Waals surface area contributed by atoms with E-state index in [9.17, 15) is 0 Å². The quantitative estimate of drug-likeness (QED) is 0.772. The Labute approximate surface area is 82.0 Å². The predicted octanol–water partition coefficient (Wildman–Crippen LogP) is 1.87. The van der Waals surface area contributed by atoms with Gasteiger partial charge in [0.15, 0.2) is 0 Å². The predicted molar refractivity (Wildman–Crippen MR) is 52.6 cm³/mol. The van der Waals surface area contributed by atoms with Crippen LogP contribution in [0.3, 0.4) is 0 Å². The minimum atomic E-state index is 0.730. The molecule has 14 heavy (non-hydrogen) atoms. The Morgan fingerprint density at radius 2 is 2.21 bits per heavy atom. The van der Waals surface area contributed by atoms with Gasteiger partial charge >= 0.3 is 0 Å². The monoisotopic (exact) mass is 183 g/mol. The molecule has 0 fully saturated rings. The molecule has 2 aromatic rings. The first-order valence-electron chi connectivity index (χ1n) is 4.36. The zero-order valence-electron chi connectivity index (χ0n) is 7.57. The molecule has 0 bridgehead atoms. The third-order valence-electron chi connectivity index (χ3n) is 2.09. The highest BCUT2D eigenvalue weighted by Crippen LogP contribution is 2.12. The first kappa shape index (κ1) is 8.52. The number of H-pyrrole nitrogens is 1. The maximum absolute atomic E-state index is 8.87. The molecule has 1 N–H and O–H groups in total. The summed E-state index contributed by atoms with van der Waals surface area (Å²) in [5.74, 6) is 0. The zero-order chi connectivity index (χ0) is 9.80. The van der Waals surface area contributed by atoms with Crippen LogP contribution in [0.2, 0.25) is 0 Å². The van der Waals surface area contributed by atoms with Crippen molar-refractivity contribution in [2.45, 2.75) is 6.42 Å². The van der Waals surface area contributed by atoms with E-state index in [0.29, 0.717) is 0 Å². The first-order chi connectivity index (χ1) is 6.90. The van der Waals surface area contributed by atoms with Gasteiger partial charge in [-0.1, -0.05) is 18.2 Å². The van der Waals surface area contributed by atoms with Gasteiger partial charge in [-0.2, -0.15) is 10.4 Å². The molecule has 0 saturated carbocycles. The Hall–Kier alpha value is -2.08. The number of nitrogens with zero attached hydrogens (tertiary/aromatic N) is 2. The largest absolute Gasteiger partial charge is 0.285 e. The minimum Gasteiger partial charge on any atom is -0.285 e. The van der Waals surface area contributed by atoms with Crippen LogP contribution in [0.15, 0.2) is 36.7 Å². The first-order valence-corrected chi connectivity index (χ1v) is 4.36. The van der Waals surface area contributed by atoms with Crippen LogP contribution >= 0.6 is 0 Å². The summed E-state index contributed by atoms with van der Waals surface area (Å²) in [5, 5.41) is 15.5. The lowest BCUT2D eigenvalue weighted by molar-refractivity contribution is 1.09. The average Bonchev–Trinajstić information content (AvgIpc) is 2.71. The van der Waals surface area contributed by atoms with E-state index in [0.717, 1.165) is 23.1 Å². The molecule has 0 saturated heterocycles. The summed E-state index contributed by atoms with van der Waals surface area (Å²) in [6.07, 6.45) is 4.36. The van der Waals surface area contributed by atoms with Crippen LogP contribution in [0.1, 0.15) is 16.7 Å². The van der Waals surface area contributed by atoms with Crippen molar-refractivity contribution >= 4 is 0 Å². The molecule has 0 spiro atoms. The Morgan fingerprint density at radius 3 is 2.93 bits per heavy atom. The highest BCUT2D eigenvalue weighted by Gasteiger charge is 2.02. The van der Waals surface area contributed by atoms with Crippen LogP contribution in [-0.4, -0.2) is 10.2 Å². The number of benzene rings is 1. The highest BCUT2D eigenvalue weighted by atomic mass is 15.1. The summed E-state index contributed by atoms with van der Waals surface area (Å²) in [6.45, 7) is 0. The van der Waals surface area contributed by atoms with Crippen molar-refractivity contribution in [1.29, 1.82) is 5.26 Å². The van der Waals surface area contributed by atoms with Crippen LogP contribution in [-0.2, 0) is 6.42 Å². The standard InChI is InChI=1S/C11H9N3/c12-6-11-4-2-1-3-10(11)5-9-7-13-14-8-9/h1-4,7-8H,5H2,(H,13,14). The molecule has 3 heteroatoms. The topological polar surface area (TPSA) is 52.5 Å². The van der Waals surface area contributed by atoms with Gasteiger partial charge < -0.3 is 0 Å². The Kier molecular flexibility index (Phi) is 2.28. The molecule has 0 radical (unpaired) electrons. The van der Waals surface area contributed by atoms with Gasteiger partial charge in [-0.05, 0) is 17.2 Å². The minimum absolute atomic E-state index is 0.730. The second kappa shape index (κ2) is 3.75. The molecule has 2 rings (SSSR count). The number of nitriles is 1. The van der Waals surface area contributed by atoms with Crippen molar-refractivity contribution < 1.29 is 0 Å². The van der Waals surface area contributed by atoms with Crippen molar-refractivity contribution in [3.8, 4) is 6.07 Å². The Bertz CT molecular complexity index is 452. The van der Waals surface area contributed by atoms with Gasteiger partial charge in [-0.15, -0.1) is 0 Å². The number of nitrogens with one attached hydrogen (secondary N) is 1. The molecule has 1 aromatic carbocycles. The van der Waals surface area contributed by atoms with Crippen LogP contribution < -0.4 is 0 Å². The van der Waals surface area contributed by atoms with E-state index in [4.69, 9.17) is 5.26 Å². The Morgan fingerprint density at radius 1 is 1.36 bits per heavy atom. The number of hydrogen-bond donors (Lipinski definition) is 1. The van der Waals surface area contributed by atoms with E-state index < -0.39 is 0 Å². The van der Waals surface area contributed by atoms with Crippen LogP contribution in [0, 0.1) is 11.3 Å². The average molecular weight is 183 g/mol. The van der Waals surface area contributed by atoms with Crippen LogP contribution in [0.4, 0.5) is 0 Å². The third kappa shape index (κ3) is 1.64. The van der Waals surface area contributed by atoms with Crippen molar-refractivity contribution in [2.24, 2.45) is 0 Å². The lowest BCUT2D eigenvalue weighted by atomic mass is 10.0. The fourth-order valence-corrected chi connectivity index (χ4v) is 1.38. The van der Waals surface area contributed by atoms with E-state index >= 15 is 0 Å². The van der Waals surface area contributed by atoms with Crippen LogP contribution in [0.25, 0.3) is 0 Å². The van der Waals surface area contributed by atoms with Crippen LogP contribution in [0.5, 0.6) is 0 Å². The van der Waals surface area contributed by atoms with Gasteiger partial charge in [0.2, 0.25) is 0 Å². The second-order valence-corrected chi connectivity index (χ2v) is 3.05. The molecule has 0 aliphatic heterocycles. The molecule has 0 amide bonds. The van der Waals surface area contributed by atoms with Gasteiger partial charge in [0.25, 0.3) is 0 Å². The SMILES string of the molecule is N#Cc1ccccc1Cc1cn[nH]c1. The van der Waals surface area contributed by atoms with Gasteiger partial charge in [0, 0.05) is 12.6 Å². The summed E-state index contributed by atoms with van der Waals surface area (Å²) in [4.78, 5) is 0. The van der Waals surface area contributed by atoms with Gasteiger partial charge in [0.1, 0.15) is 0 Å². The Balaban J connectivity index is 2.30. The fraction of sp³-hybridized carbons (Fsp3) is 0.0909. The second-order valence-electron chi connectivity index (χ2n) is 3.05. The number of aromatic nitrogens is 2.